The van der Waals surface area contributed by atoms with Gasteiger partial charge in [-0.25, -0.2) is 14.4 Å². The van der Waals surface area contributed by atoms with Gasteiger partial charge < -0.3 is 14.6 Å². The van der Waals surface area contributed by atoms with Crippen molar-refractivity contribution in [2.75, 3.05) is 11.9 Å². The van der Waals surface area contributed by atoms with E-state index in [-0.39, 0.29) is 23.8 Å². The number of halogens is 1. The summed E-state index contributed by atoms with van der Waals surface area (Å²) < 4.78 is 19.9. The number of anilines is 2. The van der Waals surface area contributed by atoms with Gasteiger partial charge in [-0.15, -0.1) is 10.2 Å². The average Bonchev–Trinajstić information content (AvgIpc) is 3.30. The lowest BCUT2D eigenvalue weighted by molar-refractivity contribution is -0.132. The maximum absolute atomic E-state index is 14.5. The summed E-state index contributed by atoms with van der Waals surface area (Å²) in [4.78, 5) is 32.1. The van der Waals surface area contributed by atoms with E-state index < -0.39 is 5.82 Å². The number of likely N-dealkylation sites (tertiary alicyclic amines) is 1. The van der Waals surface area contributed by atoms with Gasteiger partial charge in [0.1, 0.15) is 23.2 Å². The SMILES string of the molecule is CC(=O)N1C[C@H](c2nc(Nc3cc(F)cc(-c4nnc(C)o4)c3)cc(-c3cnccn3)n2)CC[C@@H]1C. The highest BCUT2D eigenvalue weighted by Gasteiger charge is 2.30. The molecule has 3 aromatic heterocycles. The molecule has 1 aliphatic heterocycles. The molecule has 0 bridgehead atoms. The van der Waals surface area contributed by atoms with E-state index in [1.165, 1.54) is 12.1 Å². The van der Waals surface area contributed by atoms with E-state index in [1.54, 1.807) is 44.6 Å². The summed E-state index contributed by atoms with van der Waals surface area (Å²) in [5.74, 6) is 1.17. The molecule has 36 heavy (non-hydrogen) atoms. The third-order valence-electron chi connectivity index (χ3n) is 6.16. The van der Waals surface area contributed by atoms with E-state index in [0.29, 0.717) is 46.7 Å². The molecule has 1 fully saturated rings. The molecule has 4 heterocycles. The minimum absolute atomic E-state index is 0.0270. The molecular weight excluding hydrogens is 463 g/mol. The summed E-state index contributed by atoms with van der Waals surface area (Å²) in [7, 11) is 0. The number of nitrogens with one attached hydrogen (secondary N) is 1. The van der Waals surface area contributed by atoms with E-state index in [4.69, 9.17) is 14.4 Å². The third-order valence-corrected chi connectivity index (χ3v) is 6.16. The highest BCUT2D eigenvalue weighted by atomic mass is 19.1. The van der Waals surface area contributed by atoms with Crippen LogP contribution >= 0.6 is 0 Å². The number of amides is 1. The Morgan fingerprint density at radius 2 is 1.97 bits per heavy atom. The maximum Gasteiger partial charge on any atom is 0.247 e. The topological polar surface area (TPSA) is 123 Å². The molecule has 1 N–H and O–H groups in total. The van der Waals surface area contributed by atoms with Gasteiger partial charge in [-0.05, 0) is 38.0 Å². The largest absolute Gasteiger partial charge is 0.421 e. The van der Waals surface area contributed by atoms with Crippen molar-refractivity contribution in [2.24, 2.45) is 0 Å². The molecule has 0 unspecified atom stereocenters. The Morgan fingerprint density at radius 3 is 2.69 bits per heavy atom. The van der Waals surface area contributed by atoms with Crippen LogP contribution in [0.25, 0.3) is 22.8 Å². The molecule has 0 aliphatic carbocycles. The van der Waals surface area contributed by atoms with Crippen molar-refractivity contribution in [1.82, 2.24) is 35.0 Å². The monoisotopic (exact) mass is 488 g/mol. The Labute approximate surface area is 207 Å². The number of aryl methyl sites for hydroxylation is 1. The molecule has 5 rings (SSSR count). The number of carbonyl (C=O) groups excluding carboxylic acids is 1. The van der Waals surface area contributed by atoms with Crippen LogP contribution in [-0.2, 0) is 4.79 Å². The van der Waals surface area contributed by atoms with Crippen molar-refractivity contribution in [3.05, 3.63) is 60.4 Å². The summed E-state index contributed by atoms with van der Waals surface area (Å²) in [6, 6.07) is 6.30. The zero-order valence-electron chi connectivity index (χ0n) is 20.1. The maximum atomic E-state index is 14.5. The molecular formula is C25H25FN8O2. The lowest BCUT2D eigenvalue weighted by Gasteiger charge is -2.37. The Kier molecular flexibility index (Phi) is 6.36. The summed E-state index contributed by atoms with van der Waals surface area (Å²) in [6.07, 6.45) is 6.50. The van der Waals surface area contributed by atoms with E-state index >= 15 is 0 Å². The van der Waals surface area contributed by atoms with Crippen LogP contribution in [-0.4, -0.2) is 53.5 Å². The Balaban J connectivity index is 1.52. The van der Waals surface area contributed by atoms with E-state index in [9.17, 15) is 9.18 Å². The van der Waals surface area contributed by atoms with E-state index in [1.807, 2.05) is 11.8 Å². The predicted octanol–water partition coefficient (Wildman–Crippen LogP) is 4.29. The Bertz CT molecular complexity index is 1390. The standard InChI is InChI=1S/C25H25FN8O2/c1-14-4-5-17(13-34(14)16(3)35)24-30-21(22-12-27-6-7-28-22)11-23(31-24)29-20-9-18(8-19(26)10-20)25-33-32-15(2)36-25/h6-12,14,17H,4-5,13H2,1-3H3,(H,29,30,31)/t14-,17+/m0/s1. The fourth-order valence-electron chi connectivity index (χ4n) is 4.38. The molecule has 10 nitrogen and oxygen atoms in total. The van der Waals surface area contributed by atoms with Gasteiger partial charge in [-0.2, -0.15) is 0 Å². The average molecular weight is 489 g/mol. The number of rotatable bonds is 5. The molecule has 1 amide bonds. The molecule has 1 aliphatic rings. The molecule has 0 spiro atoms. The van der Waals surface area contributed by atoms with Crippen LogP contribution in [0.5, 0.6) is 0 Å². The van der Waals surface area contributed by atoms with Gasteiger partial charge in [0, 0.05) is 62.1 Å². The van der Waals surface area contributed by atoms with Gasteiger partial charge in [0.25, 0.3) is 0 Å². The third kappa shape index (κ3) is 5.04. The lowest BCUT2D eigenvalue weighted by Crippen LogP contribution is -2.44. The van der Waals surface area contributed by atoms with Crippen molar-refractivity contribution in [3.8, 4) is 22.8 Å². The molecule has 11 heteroatoms. The Hall–Kier alpha value is -4.28. The number of hydrogen-bond acceptors (Lipinski definition) is 9. The smallest absolute Gasteiger partial charge is 0.247 e. The van der Waals surface area contributed by atoms with Crippen molar-refractivity contribution in [3.63, 3.8) is 0 Å². The molecule has 2 atom stereocenters. The first kappa shape index (κ1) is 23.5. The predicted molar refractivity (Wildman–Crippen MR) is 130 cm³/mol. The first-order valence-corrected chi connectivity index (χ1v) is 11.7. The molecule has 0 radical (unpaired) electrons. The summed E-state index contributed by atoms with van der Waals surface area (Å²) in [6.45, 7) is 5.83. The number of aromatic nitrogens is 6. The number of hydrogen-bond donors (Lipinski definition) is 1. The molecule has 1 saturated heterocycles. The van der Waals surface area contributed by atoms with Crippen LogP contribution in [0, 0.1) is 12.7 Å². The lowest BCUT2D eigenvalue weighted by atomic mass is 9.92. The van der Waals surface area contributed by atoms with Crippen LogP contribution in [0.2, 0.25) is 0 Å². The van der Waals surface area contributed by atoms with Gasteiger partial charge in [-0.1, -0.05) is 0 Å². The van der Waals surface area contributed by atoms with Crippen LogP contribution in [0.3, 0.4) is 0 Å². The summed E-state index contributed by atoms with van der Waals surface area (Å²) in [5.41, 5.74) is 2.06. The second-order valence-electron chi connectivity index (χ2n) is 8.86. The summed E-state index contributed by atoms with van der Waals surface area (Å²) >= 11 is 0. The molecule has 1 aromatic carbocycles. The van der Waals surface area contributed by atoms with Crippen molar-refractivity contribution >= 4 is 17.4 Å². The van der Waals surface area contributed by atoms with Gasteiger partial charge in [0.15, 0.2) is 0 Å². The second kappa shape index (κ2) is 9.76. The minimum Gasteiger partial charge on any atom is -0.421 e. The van der Waals surface area contributed by atoms with Crippen molar-refractivity contribution < 1.29 is 13.6 Å². The highest BCUT2D eigenvalue weighted by molar-refractivity contribution is 5.74. The molecule has 0 saturated carbocycles. The molecule has 4 aromatic rings. The quantitative estimate of drug-likeness (QED) is 0.438. The van der Waals surface area contributed by atoms with Crippen molar-refractivity contribution in [2.45, 2.75) is 45.6 Å². The van der Waals surface area contributed by atoms with Gasteiger partial charge >= 0.3 is 0 Å². The van der Waals surface area contributed by atoms with Crippen LogP contribution in [0.1, 0.15) is 44.3 Å². The van der Waals surface area contributed by atoms with Crippen LogP contribution in [0.4, 0.5) is 15.9 Å². The number of benzene rings is 1. The highest BCUT2D eigenvalue weighted by Crippen LogP contribution is 2.32. The zero-order valence-corrected chi connectivity index (χ0v) is 20.1. The van der Waals surface area contributed by atoms with E-state index in [2.05, 4.69) is 25.5 Å². The first-order valence-electron chi connectivity index (χ1n) is 11.7. The first-order chi connectivity index (χ1) is 17.4. The Morgan fingerprint density at radius 1 is 1.11 bits per heavy atom. The number of carbonyl (C=O) groups is 1. The minimum atomic E-state index is -0.465. The summed E-state index contributed by atoms with van der Waals surface area (Å²) in [5, 5.41) is 11.0. The fourth-order valence-corrected chi connectivity index (χ4v) is 4.38. The van der Waals surface area contributed by atoms with Gasteiger partial charge in [-0.3, -0.25) is 14.8 Å². The van der Waals surface area contributed by atoms with Crippen molar-refractivity contribution in [1.29, 1.82) is 0 Å². The van der Waals surface area contributed by atoms with Gasteiger partial charge in [0.2, 0.25) is 17.7 Å². The van der Waals surface area contributed by atoms with E-state index in [0.717, 1.165) is 12.8 Å². The molecule has 184 valence electrons. The second-order valence-corrected chi connectivity index (χ2v) is 8.86. The number of nitrogens with zero attached hydrogens (tertiary/aromatic N) is 7. The normalized spacial score (nSPS) is 17.7. The number of piperidine rings is 1. The van der Waals surface area contributed by atoms with Crippen LogP contribution < -0.4 is 5.32 Å². The fraction of sp³-hybridized carbons (Fsp3) is 0.320. The zero-order chi connectivity index (χ0) is 25.2. The van der Waals surface area contributed by atoms with Crippen LogP contribution in [0.15, 0.2) is 47.3 Å². The van der Waals surface area contributed by atoms with Gasteiger partial charge in [0.05, 0.1) is 11.9 Å².